The van der Waals surface area contributed by atoms with Gasteiger partial charge in [0.1, 0.15) is 11.5 Å². The number of halogens is 1. The maximum Gasteiger partial charge on any atom is 0.282 e. The van der Waals surface area contributed by atoms with Crippen LogP contribution in [0.5, 0.6) is 0 Å². The lowest BCUT2D eigenvalue weighted by molar-refractivity contribution is -0.117. The number of anilines is 1. The van der Waals surface area contributed by atoms with Crippen molar-refractivity contribution >= 4 is 17.5 Å². The first-order chi connectivity index (χ1) is 17.4. The summed E-state index contributed by atoms with van der Waals surface area (Å²) in [5.74, 6) is -0.770. The Labute approximate surface area is 206 Å². The Hall–Kier alpha value is -4.31. The maximum absolute atomic E-state index is 13.5. The number of hydrogen-bond donors (Lipinski definition) is 1. The van der Waals surface area contributed by atoms with Gasteiger partial charge in [-0.05, 0) is 36.4 Å². The number of carbonyl (C=O) groups excluding carboxylic acids is 2. The summed E-state index contributed by atoms with van der Waals surface area (Å²) in [6, 6.07) is 14.7. The summed E-state index contributed by atoms with van der Waals surface area (Å²) >= 11 is 0. The van der Waals surface area contributed by atoms with Crippen molar-refractivity contribution in [3.8, 4) is 16.9 Å². The molecule has 3 aliphatic rings. The molecule has 0 aromatic heterocycles. The SMILES string of the molecule is Cn1cc(C(=O)N2CCN(CC(=O)Nc3ccc(F)cc3)CC2)c2nn(-c3ccccc3)c(=O)c-2c1. The second-order valence-corrected chi connectivity index (χ2v) is 8.78. The van der Waals surface area contributed by atoms with Crippen LogP contribution >= 0.6 is 0 Å². The van der Waals surface area contributed by atoms with Crippen molar-refractivity contribution in [1.29, 1.82) is 0 Å². The summed E-state index contributed by atoms with van der Waals surface area (Å²) in [5, 5.41) is 7.25. The second-order valence-electron chi connectivity index (χ2n) is 8.78. The number of amides is 2. The van der Waals surface area contributed by atoms with Gasteiger partial charge in [0.05, 0.1) is 23.4 Å². The minimum atomic E-state index is -0.364. The van der Waals surface area contributed by atoms with Crippen molar-refractivity contribution in [2.24, 2.45) is 7.05 Å². The molecule has 0 bridgehead atoms. The average Bonchev–Trinajstić information content (AvgIpc) is 3.21. The lowest BCUT2D eigenvalue weighted by Crippen LogP contribution is -2.50. The minimum Gasteiger partial charge on any atom is -0.356 e. The van der Waals surface area contributed by atoms with E-state index >= 15 is 0 Å². The van der Waals surface area contributed by atoms with Gasteiger partial charge in [0.2, 0.25) is 5.91 Å². The van der Waals surface area contributed by atoms with Crippen LogP contribution in [0.1, 0.15) is 10.4 Å². The predicted octanol–water partition coefficient (Wildman–Crippen LogP) is 2.21. The number of nitrogens with one attached hydrogen (secondary N) is 1. The number of aryl methyl sites for hydroxylation is 1. The summed E-state index contributed by atoms with van der Waals surface area (Å²) < 4.78 is 16.1. The Kier molecular flexibility index (Phi) is 6.34. The number of benzene rings is 2. The fourth-order valence-corrected chi connectivity index (χ4v) is 4.35. The maximum atomic E-state index is 13.5. The number of rotatable bonds is 5. The molecule has 184 valence electrons. The molecule has 9 nitrogen and oxygen atoms in total. The van der Waals surface area contributed by atoms with E-state index in [-0.39, 0.29) is 29.7 Å². The Balaban J connectivity index is 1.27. The van der Waals surface area contributed by atoms with Gasteiger partial charge < -0.3 is 14.8 Å². The van der Waals surface area contributed by atoms with Gasteiger partial charge in [-0.2, -0.15) is 9.78 Å². The van der Waals surface area contributed by atoms with Crippen molar-refractivity contribution in [3.05, 3.63) is 88.7 Å². The van der Waals surface area contributed by atoms with Crippen LogP contribution in [0.3, 0.4) is 0 Å². The predicted molar refractivity (Wildman–Crippen MR) is 133 cm³/mol. The Morgan fingerprint density at radius 3 is 2.36 bits per heavy atom. The highest BCUT2D eigenvalue weighted by molar-refractivity contribution is 6.00. The Morgan fingerprint density at radius 1 is 0.972 bits per heavy atom. The third-order valence-electron chi connectivity index (χ3n) is 6.18. The molecule has 1 fully saturated rings. The lowest BCUT2D eigenvalue weighted by atomic mass is 10.1. The molecule has 5 rings (SSSR count). The highest BCUT2D eigenvalue weighted by Crippen LogP contribution is 2.23. The summed E-state index contributed by atoms with van der Waals surface area (Å²) in [6.07, 6.45) is 3.37. The van der Waals surface area contributed by atoms with E-state index in [9.17, 15) is 18.8 Å². The van der Waals surface area contributed by atoms with Crippen LogP contribution in [-0.4, -0.2) is 68.7 Å². The van der Waals surface area contributed by atoms with E-state index in [1.165, 1.54) is 28.9 Å². The van der Waals surface area contributed by atoms with Gasteiger partial charge in [-0.1, -0.05) is 18.2 Å². The number of carbonyl (C=O) groups is 2. The number of nitrogens with zero attached hydrogens (tertiary/aromatic N) is 5. The second kappa shape index (κ2) is 9.74. The summed E-state index contributed by atoms with van der Waals surface area (Å²) in [5.41, 5.74) is 2.00. The van der Waals surface area contributed by atoms with Crippen molar-refractivity contribution in [2.45, 2.75) is 0 Å². The normalized spacial score (nSPS) is 14.2. The average molecular weight is 489 g/mol. The zero-order valence-corrected chi connectivity index (χ0v) is 19.7. The molecule has 10 heteroatoms. The number of hydrogen-bond acceptors (Lipinski definition) is 5. The molecule has 1 N–H and O–H groups in total. The third kappa shape index (κ3) is 4.76. The fourth-order valence-electron chi connectivity index (χ4n) is 4.35. The van der Waals surface area contributed by atoms with Gasteiger partial charge >= 0.3 is 0 Å². The van der Waals surface area contributed by atoms with Crippen LogP contribution in [0.25, 0.3) is 16.9 Å². The quantitative estimate of drug-likeness (QED) is 0.465. The van der Waals surface area contributed by atoms with E-state index in [1.54, 1.807) is 41.0 Å². The summed E-state index contributed by atoms with van der Waals surface area (Å²) in [4.78, 5) is 42.5. The monoisotopic (exact) mass is 488 g/mol. The zero-order valence-electron chi connectivity index (χ0n) is 19.7. The van der Waals surface area contributed by atoms with Crippen LogP contribution < -0.4 is 10.9 Å². The first kappa shape index (κ1) is 23.4. The molecule has 0 spiro atoms. The van der Waals surface area contributed by atoms with Crippen LogP contribution in [-0.2, 0) is 11.8 Å². The molecular weight excluding hydrogens is 463 g/mol. The van der Waals surface area contributed by atoms with Gasteiger partial charge in [0.25, 0.3) is 11.5 Å². The molecule has 0 unspecified atom stereocenters. The molecule has 0 radical (unpaired) electrons. The standard InChI is InChI=1S/C26H25FN6O3/c1-30-15-21(24-22(16-30)26(36)33(29-24)20-5-3-2-4-6-20)25(35)32-13-11-31(12-14-32)17-23(34)28-19-9-7-18(27)8-10-19/h2-10,15-16H,11-14,17H2,1H3,(H,28,34). The topological polar surface area (TPSA) is 92.5 Å². The van der Waals surface area contributed by atoms with Gasteiger partial charge in [0, 0.05) is 51.3 Å². The molecule has 36 heavy (non-hydrogen) atoms. The number of pyridine rings is 1. The van der Waals surface area contributed by atoms with E-state index in [4.69, 9.17) is 0 Å². The largest absolute Gasteiger partial charge is 0.356 e. The number of piperazine rings is 1. The molecule has 1 saturated heterocycles. The highest BCUT2D eigenvalue weighted by Gasteiger charge is 2.29. The van der Waals surface area contributed by atoms with Crippen molar-refractivity contribution in [3.63, 3.8) is 0 Å². The first-order valence-electron chi connectivity index (χ1n) is 11.6. The summed E-state index contributed by atoms with van der Waals surface area (Å²) in [7, 11) is 1.77. The fraction of sp³-hybridized carbons (Fsp3) is 0.231. The molecule has 3 aliphatic heterocycles. The van der Waals surface area contributed by atoms with Crippen molar-refractivity contribution in [1.82, 2.24) is 24.1 Å². The molecular formula is C26H25FN6O3. The molecule has 0 atom stereocenters. The minimum absolute atomic E-state index is 0.172. The third-order valence-corrected chi connectivity index (χ3v) is 6.18. The molecule has 0 saturated carbocycles. The van der Waals surface area contributed by atoms with Crippen LogP contribution in [0.15, 0.2) is 71.8 Å². The Bertz CT molecular complexity index is 1420. The molecule has 0 aliphatic carbocycles. The van der Waals surface area contributed by atoms with E-state index < -0.39 is 0 Å². The van der Waals surface area contributed by atoms with Gasteiger partial charge in [-0.15, -0.1) is 0 Å². The first-order valence-corrected chi connectivity index (χ1v) is 11.6. The molecule has 2 amide bonds. The zero-order chi connectivity index (χ0) is 25.2. The van der Waals surface area contributed by atoms with Gasteiger partial charge in [0.15, 0.2) is 0 Å². The number of fused-ring (bicyclic) bond motifs is 1. The lowest BCUT2D eigenvalue weighted by Gasteiger charge is -2.34. The molecule has 2 aromatic carbocycles. The highest BCUT2D eigenvalue weighted by atomic mass is 19.1. The van der Waals surface area contributed by atoms with Gasteiger partial charge in [-0.3, -0.25) is 19.3 Å². The molecule has 2 aromatic rings. The smallest absolute Gasteiger partial charge is 0.282 e. The number of para-hydroxylation sites is 1. The van der Waals surface area contributed by atoms with E-state index in [1.807, 2.05) is 23.1 Å². The van der Waals surface area contributed by atoms with Crippen molar-refractivity contribution in [2.75, 3.05) is 38.0 Å². The van der Waals surface area contributed by atoms with Gasteiger partial charge in [-0.25, -0.2) is 4.39 Å². The van der Waals surface area contributed by atoms with Crippen molar-refractivity contribution < 1.29 is 14.0 Å². The summed E-state index contributed by atoms with van der Waals surface area (Å²) in [6.45, 7) is 2.09. The Morgan fingerprint density at radius 2 is 1.67 bits per heavy atom. The number of aromatic nitrogens is 3. The van der Waals surface area contributed by atoms with E-state index in [2.05, 4.69) is 10.4 Å². The van der Waals surface area contributed by atoms with Crippen LogP contribution in [0.4, 0.5) is 10.1 Å². The molecule has 3 heterocycles. The van der Waals surface area contributed by atoms with E-state index in [0.717, 1.165) is 0 Å². The van der Waals surface area contributed by atoms with Crippen LogP contribution in [0, 0.1) is 5.82 Å². The van der Waals surface area contributed by atoms with Crippen LogP contribution in [0.2, 0.25) is 0 Å². The van der Waals surface area contributed by atoms with E-state index in [0.29, 0.717) is 54.4 Å².